The van der Waals surface area contributed by atoms with Crippen molar-refractivity contribution in [3.8, 4) is 11.1 Å². The van der Waals surface area contributed by atoms with E-state index in [1.807, 2.05) is 18.2 Å². The first-order valence-corrected chi connectivity index (χ1v) is 5.81. The number of nitrogens with one attached hydrogen (secondary N) is 1. The van der Waals surface area contributed by atoms with E-state index in [4.69, 9.17) is 5.11 Å². The molecule has 0 spiro atoms. The minimum Gasteiger partial charge on any atom is -0.379 e. The Bertz CT molecular complexity index is 448. The van der Waals surface area contributed by atoms with Crippen molar-refractivity contribution in [2.24, 2.45) is 0 Å². The van der Waals surface area contributed by atoms with Crippen LogP contribution in [-0.4, -0.2) is 11.3 Å². The maximum atomic E-state index is 9.14. The second-order valence-electron chi connectivity index (χ2n) is 4.12. The lowest BCUT2D eigenvalue weighted by atomic mass is 10.0. The fourth-order valence-corrected chi connectivity index (χ4v) is 1.71. The van der Waals surface area contributed by atoms with Gasteiger partial charge in [0.25, 0.3) is 0 Å². The molecule has 0 aliphatic carbocycles. The van der Waals surface area contributed by atoms with Gasteiger partial charge in [0.05, 0.1) is 0 Å². The molecule has 1 atom stereocenters. The predicted octanol–water partition coefficient (Wildman–Crippen LogP) is 2.78. The van der Waals surface area contributed by atoms with Crippen LogP contribution in [0.1, 0.15) is 12.5 Å². The Kier molecular flexibility index (Phi) is 3.91. The van der Waals surface area contributed by atoms with Gasteiger partial charge in [-0.2, -0.15) is 0 Å². The first-order chi connectivity index (χ1) is 8.25. The molecule has 0 amide bonds. The van der Waals surface area contributed by atoms with E-state index < -0.39 is 6.23 Å². The Balaban J connectivity index is 2.08. The summed E-state index contributed by atoms with van der Waals surface area (Å²) in [6, 6.07) is 18.7. The monoisotopic (exact) mass is 227 g/mol. The highest BCUT2D eigenvalue weighted by Crippen LogP contribution is 2.19. The first kappa shape index (κ1) is 11.8. The van der Waals surface area contributed by atoms with Gasteiger partial charge < -0.3 is 5.11 Å². The van der Waals surface area contributed by atoms with E-state index in [9.17, 15) is 0 Å². The zero-order valence-electron chi connectivity index (χ0n) is 9.93. The summed E-state index contributed by atoms with van der Waals surface area (Å²) in [6.45, 7) is 2.41. The average molecular weight is 227 g/mol. The summed E-state index contributed by atoms with van der Waals surface area (Å²) < 4.78 is 0. The quantitative estimate of drug-likeness (QED) is 0.787. The van der Waals surface area contributed by atoms with Crippen LogP contribution in [0.25, 0.3) is 11.1 Å². The zero-order chi connectivity index (χ0) is 12.1. The van der Waals surface area contributed by atoms with Crippen molar-refractivity contribution in [1.82, 2.24) is 5.32 Å². The van der Waals surface area contributed by atoms with E-state index in [-0.39, 0.29) is 0 Å². The van der Waals surface area contributed by atoms with Gasteiger partial charge in [-0.05, 0) is 23.6 Å². The number of aliphatic hydroxyl groups is 1. The molecule has 88 valence electrons. The van der Waals surface area contributed by atoms with Crippen LogP contribution in [0.15, 0.2) is 54.6 Å². The third-order valence-corrected chi connectivity index (χ3v) is 2.66. The molecule has 2 heteroatoms. The smallest absolute Gasteiger partial charge is 0.102 e. The summed E-state index contributed by atoms with van der Waals surface area (Å²) in [5.74, 6) is 0. The molecule has 2 aromatic carbocycles. The Morgan fingerprint density at radius 3 is 2.12 bits per heavy atom. The standard InChI is InChI=1S/C15H17NO/c1-12(17)16-11-13-7-9-15(10-8-13)14-5-3-2-4-6-14/h2-10,12,16-17H,11H2,1H3. The fourth-order valence-electron chi connectivity index (χ4n) is 1.71. The minimum absolute atomic E-state index is 0.469. The minimum atomic E-state index is -0.469. The van der Waals surface area contributed by atoms with Crippen molar-refractivity contribution in [3.05, 3.63) is 60.2 Å². The summed E-state index contributed by atoms with van der Waals surface area (Å²) in [7, 11) is 0. The van der Waals surface area contributed by atoms with Gasteiger partial charge in [0.2, 0.25) is 0 Å². The molecule has 17 heavy (non-hydrogen) atoms. The maximum absolute atomic E-state index is 9.14. The first-order valence-electron chi connectivity index (χ1n) is 5.81. The van der Waals surface area contributed by atoms with E-state index in [0.29, 0.717) is 6.54 Å². The van der Waals surface area contributed by atoms with Crippen LogP contribution in [0.5, 0.6) is 0 Å². The fraction of sp³-hybridized carbons (Fsp3) is 0.200. The van der Waals surface area contributed by atoms with Gasteiger partial charge in [-0.1, -0.05) is 54.6 Å². The predicted molar refractivity (Wildman–Crippen MR) is 70.4 cm³/mol. The van der Waals surface area contributed by atoms with Gasteiger partial charge in [-0.15, -0.1) is 0 Å². The third-order valence-electron chi connectivity index (χ3n) is 2.66. The third kappa shape index (κ3) is 3.41. The molecule has 0 radical (unpaired) electrons. The molecule has 0 fully saturated rings. The van der Waals surface area contributed by atoms with E-state index in [2.05, 4.69) is 41.7 Å². The van der Waals surface area contributed by atoms with Crippen molar-refractivity contribution in [3.63, 3.8) is 0 Å². The molecule has 0 bridgehead atoms. The number of rotatable bonds is 4. The van der Waals surface area contributed by atoms with Crippen LogP contribution >= 0.6 is 0 Å². The lowest BCUT2D eigenvalue weighted by Crippen LogP contribution is -2.24. The normalized spacial score (nSPS) is 12.4. The highest BCUT2D eigenvalue weighted by molar-refractivity contribution is 5.63. The van der Waals surface area contributed by atoms with Crippen LogP contribution in [0.2, 0.25) is 0 Å². The van der Waals surface area contributed by atoms with Crippen molar-refractivity contribution in [2.45, 2.75) is 19.7 Å². The topological polar surface area (TPSA) is 32.3 Å². The maximum Gasteiger partial charge on any atom is 0.102 e. The molecule has 2 rings (SSSR count). The Labute approximate surface area is 102 Å². The van der Waals surface area contributed by atoms with Crippen LogP contribution < -0.4 is 5.32 Å². The largest absolute Gasteiger partial charge is 0.379 e. The molecule has 0 aliphatic heterocycles. The van der Waals surface area contributed by atoms with Gasteiger partial charge in [0.1, 0.15) is 6.23 Å². The number of benzene rings is 2. The van der Waals surface area contributed by atoms with Crippen molar-refractivity contribution < 1.29 is 5.11 Å². The molecule has 0 aromatic heterocycles. The van der Waals surface area contributed by atoms with Gasteiger partial charge in [0.15, 0.2) is 0 Å². The number of hydrogen-bond donors (Lipinski definition) is 2. The summed E-state index contributed by atoms with van der Waals surface area (Å²) in [5, 5.41) is 12.1. The van der Waals surface area contributed by atoms with E-state index >= 15 is 0 Å². The molecule has 2 aromatic rings. The van der Waals surface area contributed by atoms with E-state index in [1.54, 1.807) is 6.92 Å². The molecule has 0 heterocycles. The second kappa shape index (κ2) is 5.62. The SMILES string of the molecule is CC(O)NCc1ccc(-c2ccccc2)cc1. The Morgan fingerprint density at radius 2 is 1.53 bits per heavy atom. The molecule has 0 aliphatic rings. The lowest BCUT2D eigenvalue weighted by Gasteiger charge is -2.08. The molecular weight excluding hydrogens is 210 g/mol. The highest BCUT2D eigenvalue weighted by Gasteiger charge is 1.98. The molecule has 0 saturated carbocycles. The van der Waals surface area contributed by atoms with Crippen LogP contribution in [0.3, 0.4) is 0 Å². The highest BCUT2D eigenvalue weighted by atomic mass is 16.3. The Morgan fingerprint density at radius 1 is 0.941 bits per heavy atom. The Hall–Kier alpha value is -1.64. The summed E-state index contributed by atoms with van der Waals surface area (Å²) >= 11 is 0. The number of hydrogen-bond acceptors (Lipinski definition) is 2. The summed E-state index contributed by atoms with van der Waals surface area (Å²) in [4.78, 5) is 0. The molecular formula is C15H17NO. The van der Waals surface area contributed by atoms with Gasteiger partial charge in [0, 0.05) is 6.54 Å². The van der Waals surface area contributed by atoms with Crippen LogP contribution in [0, 0.1) is 0 Å². The lowest BCUT2D eigenvalue weighted by molar-refractivity contribution is 0.155. The average Bonchev–Trinajstić information content (AvgIpc) is 2.38. The van der Waals surface area contributed by atoms with Gasteiger partial charge in [-0.3, -0.25) is 5.32 Å². The van der Waals surface area contributed by atoms with E-state index in [1.165, 1.54) is 16.7 Å². The van der Waals surface area contributed by atoms with Gasteiger partial charge >= 0.3 is 0 Å². The van der Waals surface area contributed by atoms with Crippen molar-refractivity contribution in [1.29, 1.82) is 0 Å². The molecule has 2 nitrogen and oxygen atoms in total. The second-order valence-corrected chi connectivity index (χ2v) is 4.12. The molecule has 2 N–H and O–H groups in total. The zero-order valence-corrected chi connectivity index (χ0v) is 9.93. The molecule has 1 unspecified atom stereocenters. The molecule has 0 saturated heterocycles. The van der Waals surface area contributed by atoms with Crippen LogP contribution in [-0.2, 0) is 6.54 Å². The van der Waals surface area contributed by atoms with Gasteiger partial charge in [-0.25, -0.2) is 0 Å². The number of aliphatic hydroxyl groups excluding tert-OH is 1. The van der Waals surface area contributed by atoms with Crippen LogP contribution in [0.4, 0.5) is 0 Å². The van der Waals surface area contributed by atoms with Crippen molar-refractivity contribution >= 4 is 0 Å². The van der Waals surface area contributed by atoms with Crippen molar-refractivity contribution in [2.75, 3.05) is 0 Å². The van der Waals surface area contributed by atoms with E-state index in [0.717, 1.165) is 0 Å². The summed E-state index contributed by atoms with van der Waals surface area (Å²) in [5.41, 5.74) is 3.61. The summed E-state index contributed by atoms with van der Waals surface area (Å²) in [6.07, 6.45) is -0.469.